The van der Waals surface area contributed by atoms with E-state index in [0.29, 0.717) is 5.75 Å². The van der Waals surface area contributed by atoms with Crippen LogP contribution in [0, 0.1) is 0 Å². The summed E-state index contributed by atoms with van der Waals surface area (Å²) in [6, 6.07) is 23.6. The first kappa shape index (κ1) is 20.3. The minimum atomic E-state index is -0.534. The van der Waals surface area contributed by atoms with E-state index in [2.05, 4.69) is 17.6 Å². The van der Waals surface area contributed by atoms with Crippen molar-refractivity contribution in [3.8, 4) is 11.5 Å². The van der Waals surface area contributed by atoms with E-state index < -0.39 is 5.54 Å². The van der Waals surface area contributed by atoms with Crippen molar-refractivity contribution in [2.75, 3.05) is 24.8 Å². The summed E-state index contributed by atoms with van der Waals surface area (Å²) in [5.74, 6) is 0.989. The molecule has 5 heteroatoms. The Labute approximate surface area is 171 Å². The molecule has 3 aromatic rings. The summed E-state index contributed by atoms with van der Waals surface area (Å²) in [6.07, 6.45) is 0. The molecule has 5 nitrogen and oxygen atoms in total. The molecule has 0 radical (unpaired) electrons. The van der Waals surface area contributed by atoms with Crippen LogP contribution in [0.2, 0.25) is 0 Å². The quantitative estimate of drug-likeness (QED) is 0.437. The van der Waals surface area contributed by atoms with Gasteiger partial charge in [-0.3, -0.25) is 4.79 Å². The third kappa shape index (κ3) is 4.51. The van der Waals surface area contributed by atoms with Gasteiger partial charge in [0.05, 0.1) is 24.0 Å². The first-order valence-corrected chi connectivity index (χ1v) is 9.44. The normalized spacial score (nSPS) is 12.6. The summed E-state index contributed by atoms with van der Waals surface area (Å²) < 4.78 is 10.5. The molecule has 0 aliphatic rings. The molecule has 0 aliphatic carbocycles. The SMILES string of the molecule is CNc1ccccc1NC(C)(c1ccc(OC)cc1)c1ccc(OC(C)=O)cc1. The van der Waals surface area contributed by atoms with Crippen LogP contribution >= 0.6 is 0 Å². The maximum absolute atomic E-state index is 11.2. The van der Waals surface area contributed by atoms with Crippen molar-refractivity contribution in [1.29, 1.82) is 0 Å². The molecule has 0 saturated heterocycles. The molecule has 0 heterocycles. The van der Waals surface area contributed by atoms with Gasteiger partial charge in [0.15, 0.2) is 0 Å². The van der Waals surface area contributed by atoms with Gasteiger partial charge in [0, 0.05) is 14.0 Å². The molecular formula is C24H26N2O3. The van der Waals surface area contributed by atoms with Crippen LogP contribution in [0.4, 0.5) is 11.4 Å². The van der Waals surface area contributed by atoms with E-state index in [0.717, 1.165) is 28.3 Å². The average molecular weight is 390 g/mol. The highest BCUT2D eigenvalue weighted by molar-refractivity contribution is 5.71. The summed E-state index contributed by atoms with van der Waals surface area (Å²) in [5, 5.41) is 6.92. The third-order valence-corrected chi connectivity index (χ3v) is 4.94. The average Bonchev–Trinajstić information content (AvgIpc) is 2.74. The lowest BCUT2D eigenvalue weighted by Gasteiger charge is -2.34. The Morgan fingerprint density at radius 3 is 1.83 bits per heavy atom. The lowest BCUT2D eigenvalue weighted by Crippen LogP contribution is -2.33. The van der Waals surface area contributed by atoms with Crippen molar-refractivity contribution >= 4 is 17.3 Å². The molecule has 1 atom stereocenters. The zero-order chi connectivity index (χ0) is 20.9. The van der Waals surface area contributed by atoms with Crippen LogP contribution in [0.1, 0.15) is 25.0 Å². The fraction of sp³-hybridized carbons (Fsp3) is 0.208. The number of carbonyl (C=O) groups excluding carboxylic acids is 1. The molecule has 150 valence electrons. The van der Waals surface area contributed by atoms with Crippen molar-refractivity contribution in [2.45, 2.75) is 19.4 Å². The molecular weight excluding hydrogens is 364 g/mol. The van der Waals surface area contributed by atoms with Crippen LogP contribution < -0.4 is 20.1 Å². The van der Waals surface area contributed by atoms with Gasteiger partial charge in [-0.05, 0) is 54.4 Å². The fourth-order valence-electron chi connectivity index (χ4n) is 3.34. The molecule has 0 amide bonds. The molecule has 0 aromatic heterocycles. The van der Waals surface area contributed by atoms with Crippen LogP contribution in [0.25, 0.3) is 0 Å². The zero-order valence-corrected chi connectivity index (χ0v) is 17.2. The van der Waals surface area contributed by atoms with Gasteiger partial charge in [0.1, 0.15) is 11.5 Å². The Morgan fingerprint density at radius 2 is 1.34 bits per heavy atom. The van der Waals surface area contributed by atoms with Gasteiger partial charge >= 0.3 is 5.97 Å². The molecule has 2 N–H and O–H groups in total. The van der Waals surface area contributed by atoms with E-state index in [4.69, 9.17) is 9.47 Å². The number of nitrogens with one attached hydrogen (secondary N) is 2. The Morgan fingerprint density at radius 1 is 0.828 bits per heavy atom. The molecule has 0 bridgehead atoms. The number of hydrogen-bond acceptors (Lipinski definition) is 5. The van der Waals surface area contributed by atoms with E-state index in [-0.39, 0.29) is 5.97 Å². The zero-order valence-electron chi connectivity index (χ0n) is 17.2. The topological polar surface area (TPSA) is 59.6 Å². The largest absolute Gasteiger partial charge is 0.497 e. The predicted octanol–water partition coefficient (Wildman–Crippen LogP) is 5.04. The van der Waals surface area contributed by atoms with E-state index >= 15 is 0 Å². The first-order chi connectivity index (χ1) is 14.0. The lowest BCUT2D eigenvalue weighted by atomic mass is 9.84. The van der Waals surface area contributed by atoms with Crippen LogP contribution in [0.5, 0.6) is 11.5 Å². The smallest absolute Gasteiger partial charge is 0.308 e. The van der Waals surface area contributed by atoms with Gasteiger partial charge in [0.2, 0.25) is 0 Å². The first-order valence-electron chi connectivity index (χ1n) is 9.44. The second kappa shape index (κ2) is 8.69. The highest BCUT2D eigenvalue weighted by Crippen LogP contribution is 2.37. The molecule has 0 fully saturated rings. The maximum atomic E-state index is 11.2. The van der Waals surface area contributed by atoms with Gasteiger partial charge in [-0.2, -0.15) is 0 Å². The van der Waals surface area contributed by atoms with Gasteiger partial charge in [-0.1, -0.05) is 36.4 Å². The van der Waals surface area contributed by atoms with Crippen LogP contribution in [0.15, 0.2) is 72.8 Å². The van der Waals surface area contributed by atoms with E-state index in [1.807, 2.05) is 79.8 Å². The van der Waals surface area contributed by atoms with Gasteiger partial charge < -0.3 is 20.1 Å². The number of para-hydroxylation sites is 2. The Hall–Kier alpha value is -3.47. The van der Waals surface area contributed by atoms with Gasteiger partial charge in [-0.25, -0.2) is 0 Å². The van der Waals surface area contributed by atoms with Crippen molar-refractivity contribution in [2.24, 2.45) is 0 Å². The number of ether oxygens (including phenoxy) is 2. The van der Waals surface area contributed by atoms with Crippen molar-refractivity contribution in [3.05, 3.63) is 83.9 Å². The monoisotopic (exact) mass is 390 g/mol. The molecule has 29 heavy (non-hydrogen) atoms. The number of methoxy groups -OCH3 is 1. The molecule has 3 aromatic carbocycles. The molecule has 0 spiro atoms. The number of esters is 1. The molecule has 1 unspecified atom stereocenters. The summed E-state index contributed by atoms with van der Waals surface area (Å²) in [7, 11) is 3.56. The second-order valence-corrected chi connectivity index (χ2v) is 6.89. The second-order valence-electron chi connectivity index (χ2n) is 6.89. The van der Waals surface area contributed by atoms with E-state index in [1.165, 1.54) is 6.92 Å². The number of anilines is 2. The maximum Gasteiger partial charge on any atom is 0.308 e. The highest BCUT2D eigenvalue weighted by Gasteiger charge is 2.29. The van der Waals surface area contributed by atoms with Crippen LogP contribution in [-0.2, 0) is 10.3 Å². The van der Waals surface area contributed by atoms with Crippen molar-refractivity contribution < 1.29 is 14.3 Å². The minimum Gasteiger partial charge on any atom is -0.497 e. The Bertz CT molecular complexity index is 968. The molecule has 0 saturated carbocycles. The van der Waals surface area contributed by atoms with E-state index in [9.17, 15) is 4.79 Å². The number of rotatable bonds is 7. The lowest BCUT2D eigenvalue weighted by molar-refractivity contribution is -0.131. The molecule has 3 rings (SSSR count). The van der Waals surface area contributed by atoms with Gasteiger partial charge in [-0.15, -0.1) is 0 Å². The van der Waals surface area contributed by atoms with Crippen molar-refractivity contribution in [3.63, 3.8) is 0 Å². The van der Waals surface area contributed by atoms with Gasteiger partial charge in [0.25, 0.3) is 0 Å². The number of carbonyl (C=O) groups is 1. The van der Waals surface area contributed by atoms with Crippen LogP contribution in [0.3, 0.4) is 0 Å². The molecule has 0 aliphatic heterocycles. The van der Waals surface area contributed by atoms with E-state index in [1.54, 1.807) is 7.11 Å². The predicted molar refractivity (Wildman–Crippen MR) is 117 cm³/mol. The summed E-state index contributed by atoms with van der Waals surface area (Å²) in [6.45, 7) is 3.52. The minimum absolute atomic E-state index is 0.336. The van der Waals surface area contributed by atoms with Crippen molar-refractivity contribution in [1.82, 2.24) is 0 Å². The number of benzene rings is 3. The Balaban J connectivity index is 2.06. The van der Waals surface area contributed by atoms with Crippen LogP contribution in [-0.4, -0.2) is 20.1 Å². The fourth-order valence-corrected chi connectivity index (χ4v) is 3.34. The standard InChI is InChI=1S/C24H26N2O3/c1-17(27)29-21-15-11-19(12-16-21)24(2,18-9-13-20(28-4)14-10-18)26-23-8-6-5-7-22(23)25-3/h5-16,25-26H,1-4H3. The number of hydrogen-bond donors (Lipinski definition) is 2. The summed E-state index contributed by atoms with van der Waals surface area (Å²) >= 11 is 0. The highest BCUT2D eigenvalue weighted by atomic mass is 16.5. The summed E-state index contributed by atoms with van der Waals surface area (Å²) in [5.41, 5.74) is 3.56. The third-order valence-electron chi connectivity index (χ3n) is 4.94. The summed E-state index contributed by atoms with van der Waals surface area (Å²) in [4.78, 5) is 11.2. The Kier molecular flexibility index (Phi) is 6.07.